The Hall–Kier alpha value is -6.43. The van der Waals surface area contributed by atoms with E-state index in [2.05, 4.69) is 140 Å². The van der Waals surface area contributed by atoms with Gasteiger partial charge in [0.15, 0.2) is 0 Å². The Kier molecular flexibility index (Phi) is 5.38. The molecule has 10 aromatic rings. The highest BCUT2D eigenvalue weighted by molar-refractivity contribution is 6.30. The van der Waals surface area contributed by atoms with Crippen LogP contribution in [0.25, 0.3) is 98.1 Å². The van der Waals surface area contributed by atoms with Crippen LogP contribution in [0.15, 0.2) is 156 Å². The molecule has 2 nitrogen and oxygen atoms in total. The highest BCUT2D eigenvalue weighted by Gasteiger charge is 2.19. The minimum atomic E-state index is 0.677. The van der Waals surface area contributed by atoms with Gasteiger partial charge in [-0.1, -0.05) is 115 Å². The van der Waals surface area contributed by atoms with E-state index in [0.717, 1.165) is 55.0 Å². The Morgan fingerprint density at radius 3 is 1.70 bits per heavy atom. The minimum absolute atomic E-state index is 0.677. The molecule has 9 aromatic carbocycles. The normalized spacial score (nSPS) is 11.8. The first kappa shape index (κ1) is 25.9. The second kappa shape index (κ2) is 9.78. The summed E-state index contributed by atoms with van der Waals surface area (Å²) in [4.78, 5) is 0. The molecule has 0 saturated carbocycles. The number of rotatable bonds is 2. The Labute approximate surface area is 270 Å². The highest BCUT2D eigenvalue weighted by atomic mass is 16.3. The number of nitrogens with zero attached hydrogens (tertiary/aromatic N) is 1. The van der Waals surface area contributed by atoms with Gasteiger partial charge in [0.2, 0.25) is 0 Å². The van der Waals surface area contributed by atoms with Gasteiger partial charge in [-0.25, -0.2) is 0 Å². The molecule has 0 aliphatic heterocycles. The van der Waals surface area contributed by atoms with Gasteiger partial charge in [0.1, 0.15) is 11.2 Å². The van der Waals surface area contributed by atoms with Crippen LogP contribution in [0.4, 0.5) is 0 Å². The molecule has 216 valence electrons. The maximum Gasteiger partial charge on any atom is 0.143 e. The molecule has 47 heavy (non-hydrogen) atoms. The summed E-state index contributed by atoms with van der Waals surface area (Å²) in [6, 6.07) is 56.2. The minimum Gasteiger partial charge on any atom is -0.455 e. The Balaban J connectivity index is 1.20. The topological polar surface area (TPSA) is 36.9 Å². The molecule has 0 spiro atoms. The van der Waals surface area contributed by atoms with Crippen LogP contribution in [0.3, 0.4) is 0 Å². The average molecular weight is 596 g/mol. The molecule has 0 saturated heterocycles. The Morgan fingerprint density at radius 1 is 0.404 bits per heavy atom. The predicted molar refractivity (Wildman–Crippen MR) is 197 cm³/mol. The SMILES string of the molecule is N#Cc1ccc2cc(-c3ccc(-c4cc5ccccc5c5c4oc4cc6c7ccccc7c7ccccc7c6cc45)cc3)ccc2c1. The van der Waals surface area contributed by atoms with Gasteiger partial charge in [0, 0.05) is 16.3 Å². The van der Waals surface area contributed by atoms with E-state index in [4.69, 9.17) is 4.42 Å². The van der Waals surface area contributed by atoms with Gasteiger partial charge < -0.3 is 4.42 Å². The third-order valence-corrected chi connectivity index (χ3v) is 9.83. The van der Waals surface area contributed by atoms with Crippen LogP contribution in [0.1, 0.15) is 5.56 Å². The first-order valence-electron chi connectivity index (χ1n) is 15.9. The zero-order valence-electron chi connectivity index (χ0n) is 25.3. The average Bonchev–Trinajstić information content (AvgIpc) is 3.52. The van der Waals surface area contributed by atoms with Crippen LogP contribution in [0, 0.1) is 11.3 Å². The van der Waals surface area contributed by atoms with Crippen molar-refractivity contribution in [1.29, 1.82) is 5.26 Å². The lowest BCUT2D eigenvalue weighted by Crippen LogP contribution is -1.84. The van der Waals surface area contributed by atoms with E-state index < -0.39 is 0 Å². The molecule has 0 aliphatic carbocycles. The third kappa shape index (κ3) is 3.84. The summed E-state index contributed by atoms with van der Waals surface area (Å²) >= 11 is 0. The van der Waals surface area contributed by atoms with Gasteiger partial charge in [0.25, 0.3) is 0 Å². The van der Waals surface area contributed by atoms with E-state index in [-0.39, 0.29) is 0 Å². The molecule has 0 amide bonds. The largest absolute Gasteiger partial charge is 0.455 e. The number of fused-ring (bicyclic) bond motifs is 12. The van der Waals surface area contributed by atoms with Gasteiger partial charge >= 0.3 is 0 Å². The molecule has 0 radical (unpaired) electrons. The molecule has 0 atom stereocenters. The van der Waals surface area contributed by atoms with Crippen LogP contribution in [0.2, 0.25) is 0 Å². The summed E-state index contributed by atoms with van der Waals surface area (Å²) < 4.78 is 6.87. The fourth-order valence-electron chi connectivity index (χ4n) is 7.57. The van der Waals surface area contributed by atoms with E-state index in [0.29, 0.717) is 5.56 Å². The van der Waals surface area contributed by atoms with Crippen LogP contribution < -0.4 is 0 Å². The van der Waals surface area contributed by atoms with Crippen molar-refractivity contribution in [3.8, 4) is 28.3 Å². The van der Waals surface area contributed by atoms with Crippen molar-refractivity contribution in [3.63, 3.8) is 0 Å². The molecular formula is C45H25NO. The van der Waals surface area contributed by atoms with Crippen molar-refractivity contribution in [3.05, 3.63) is 157 Å². The van der Waals surface area contributed by atoms with Crippen molar-refractivity contribution in [1.82, 2.24) is 0 Å². The molecule has 1 heterocycles. The maximum atomic E-state index is 9.28. The fraction of sp³-hybridized carbons (Fsp3) is 0. The number of hydrogen-bond acceptors (Lipinski definition) is 2. The van der Waals surface area contributed by atoms with Crippen molar-refractivity contribution in [2.45, 2.75) is 0 Å². The standard InChI is InChI=1S/C45H25NO/c46-26-27-13-14-32-22-31(20-19-30(32)21-27)28-15-17-29(18-16-28)39-23-33-7-1-2-8-34(33)44-42-24-40-37-11-5-3-9-35(37)36-10-4-6-12-38(36)41(40)25-43(42)47-45(39)44/h1-25H. The van der Waals surface area contributed by atoms with Gasteiger partial charge in [-0.2, -0.15) is 5.26 Å². The van der Waals surface area contributed by atoms with Gasteiger partial charge in [-0.15, -0.1) is 0 Å². The van der Waals surface area contributed by atoms with E-state index in [1.54, 1.807) is 0 Å². The fourth-order valence-corrected chi connectivity index (χ4v) is 7.57. The monoisotopic (exact) mass is 595 g/mol. The highest BCUT2D eigenvalue weighted by Crippen LogP contribution is 2.44. The van der Waals surface area contributed by atoms with E-state index in [1.807, 2.05) is 18.2 Å². The van der Waals surface area contributed by atoms with Crippen molar-refractivity contribution >= 4 is 75.8 Å². The summed E-state index contributed by atoms with van der Waals surface area (Å²) in [5.41, 5.74) is 6.98. The van der Waals surface area contributed by atoms with E-state index in [1.165, 1.54) is 43.1 Å². The second-order valence-electron chi connectivity index (χ2n) is 12.4. The molecule has 0 bridgehead atoms. The number of furan rings is 1. The van der Waals surface area contributed by atoms with Gasteiger partial charge in [-0.05, 0) is 107 Å². The smallest absolute Gasteiger partial charge is 0.143 e. The van der Waals surface area contributed by atoms with Crippen molar-refractivity contribution < 1.29 is 4.42 Å². The maximum absolute atomic E-state index is 9.28. The Bertz CT molecular complexity index is 2960. The zero-order chi connectivity index (χ0) is 31.1. The van der Waals surface area contributed by atoms with Gasteiger partial charge in [-0.3, -0.25) is 0 Å². The van der Waals surface area contributed by atoms with Crippen molar-refractivity contribution in [2.75, 3.05) is 0 Å². The van der Waals surface area contributed by atoms with E-state index in [9.17, 15) is 5.26 Å². The molecule has 0 fully saturated rings. The number of hydrogen-bond donors (Lipinski definition) is 0. The quantitative estimate of drug-likeness (QED) is 0.186. The predicted octanol–water partition coefficient (Wildman–Crippen LogP) is 12.6. The molecule has 0 N–H and O–H groups in total. The second-order valence-corrected chi connectivity index (χ2v) is 12.4. The summed E-state index contributed by atoms with van der Waals surface area (Å²) in [6.45, 7) is 0. The number of benzene rings is 9. The van der Waals surface area contributed by atoms with Crippen LogP contribution >= 0.6 is 0 Å². The first-order chi connectivity index (χ1) is 23.2. The molecular weight excluding hydrogens is 571 g/mol. The van der Waals surface area contributed by atoms with E-state index >= 15 is 0 Å². The lowest BCUT2D eigenvalue weighted by molar-refractivity contribution is 0.671. The summed E-state index contributed by atoms with van der Waals surface area (Å²) in [5.74, 6) is 0. The zero-order valence-corrected chi connectivity index (χ0v) is 25.3. The molecule has 10 rings (SSSR count). The molecule has 1 aromatic heterocycles. The molecule has 0 unspecified atom stereocenters. The summed E-state index contributed by atoms with van der Waals surface area (Å²) in [6.07, 6.45) is 0. The molecule has 2 heteroatoms. The summed E-state index contributed by atoms with van der Waals surface area (Å²) in [7, 11) is 0. The molecule has 0 aliphatic rings. The van der Waals surface area contributed by atoms with Gasteiger partial charge in [0.05, 0.1) is 11.6 Å². The first-order valence-corrected chi connectivity index (χ1v) is 15.9. The number of nitriles is 1. The lowest BCUT2D eigenvalue weighted by Gasteiger charge is -2.10. The van der Waals surface area contributed by atoms with Crippen LogP contribution in [0.5, 0.6) is 0 Å². The Morgan fingerprint density at radius 2 is 0.979 bits per heavy atom. The summed E-state index contributed by atoms with van der Waals surface area (Å²) in [5, 5.41) is 23.6. The van der Waals surface area contributed by atoms with Crippen LogP contribution in [-0.4, -0.2) is 0 Å². The van der Waals surface area contributed by atoms with Crippen LogP contribution in [-0.2, 0) is 0 Å². The lowest BCUT2D eigenvalue weighted by atomic mass is 9.92. The van der Waals surface area contributed by atoms with Crippen molar-refractivity contribution in [2.24, 2.45) is 0 Å². The third-order valence-electron chi connectivity index (χ3n) is 9.83.